The summed E-state index contributed by atoms with van der Waals surface area (Å²) >= 11 is 5.89. The second-order valence-corrected chi connectivity index (χ2v) is 4.51. The molecule has 0 spiro atoms. The Morgan fingerprint density at radius 1 is 1.42 bits per heavy atom. The van der Waals surface area contributed by atoms with Crippen LogP contribution in [0, 0.1) is 6.92 Å². The highest BCUT2D eigenvalue weighted by Gasteiger charge is 2.08. The molecule has 0 saturated carbocycles. The molecule has 0 saturated heterocycles. The Kier molecular flexibility index (Phi) is 2.79. The van der Waals surface area contributed by atoms with Gasteiger partial charge in [0.25, 0.3) is 5.56 Å². The summed E-state index contributed by atoms with van der Waals surface area (Å²) in [7, 11) is 0. The van der Waals surface area contributed by atoms with E-state index in [0.717, 1.165) is 0 Å². The van der Waals surface area contributed by atoms with Crippen molar-refractivity contribution >= 4 is 22.5 Å². The van der Waals surface area contributed by atoms with Crippen LogP contribution >= 0.6 is 11.6 Å². The van der Waals surface area contributed by atoms with Crippen LogP contribution in [0.5, 0.6) is 0 Å². The molecule has 0 N–H and O–H groups in total. The van der Waals surface area contributed by atoms with E-state index in [1.165, 1.54) is 10.9 Å². The van der Waals surface area contributed by atoms with Gasteiger partial charge in [-0.3, -0.25) is 9.36 Å². The van der Waals surface area contributed by atoms with Crippen molar-refractivity contribution in [2.45, 2.75) is 13.5 Å². The van der Waals surface area contributed by atoms with Crippen LogP contribution in [-0.4, -0.2) is 19.7 Å². The van der Waals surface area contributed by atoms with Gasteiger partial charge >= 0.3 is 0 Å². The molecule has 0 aliphatic heterocycles. The predicted molar refractivity (Wildman–Crippen MR) is 69.2 cm³/mol. The molecule has 0 bridgehead atoms. The van der Waals surface area contributed by atoms with Crippen molar-refractivity contribution in [2.24, 2.45) is 0 Å². The number of aryl methyl sites for hydroxylation is 1. The quantitative estimate of drug-likeness (QED) is 0.713. The molecule has 3 aromatic rings. The van der Waals surface area contributed by atoms with Crippen LogP contribution in [0.15, 0.2) is 33.8 Å². The van der Waals surface area contributed by atoms with E-state index in [1.807, 2.05) is 0 Å². The van der Waals surface area contributed by atoms with E-state index >= 15 is 0 Å². The fraction of sp³-hybridized carbons (Fsp3) is 0.167. The Morgan fingerprint density at radius 2 is 2.26 bits per heavy atom. The molecule has 19 heavy (non-hydrogen) atoms. The summed E-state index contributed by atoms with van der Waals surface area (Å²) in [6, 6.07) is 5.00. The van der Waals surface area contributed by atoms with Crippen LogP contribution in [0.1, 0.15) is 11.7 Å². The van der Waals surface area contributed by atoms with Crippen LogP contribution in [0.4, 0.5) is 0 Å². The fourth-order valence-corrected chi connectivity index (χ4v) is 1.97. The Morgan fingerprint density at radius 3 is 3.00 bits per heavy atom. The van der Waals surface area contributed by atoms with Gasteiger partial charge in [-0.05, 0) is 25.1 Å². The van der Waals surface area contributed by atoms with Gasteiger partial charge in [-0.2, -0.15) is 4.98 Å². The number of fused-ring (bicyclic) bond motifs is 1. The maximum Gasteiger partial charge on any atom is 0.261 e. The third-order valence-electron chi connectivity index (χ3n) is 2.66. The van der Waals surface area contributed by atoms with Gasteiger partial charge in [0.1, 0.15) is 6.54 Å². The van der Waals surface area contributed by atoms with Gasteiger partial charge in [0, 0.05) is 5.02 Å². The number of hydrogen-bond donors (Lipinski definition) is 0. The lowest BCUT2D eigenvalue weighted by Gasteiger charge is -2.03. The standard InChI is InChI=1S/C12H9ClN4O2/c1-7-15-11(19-16-7)5-17-6-14-10-3-2-8(13)4-9(10)12(17)18/h2-4,6H,5H2,1H3. The molecule has 1 aromatic carbocycles. The molecule has 0 unspecified atom stereocenters. The summed E-state index contributed by atoms with van der Waals surface area (Å²) in [4.78, 5) is 20.5. The molecule has 0 aliphatic carbocycles. The van der Waals surface area contributed by atoms with Crippen LogP contribution in [0.3, 0.4) is 0 Å². The maximum absolute atomic E-state index is 12.3. The first kappa shape index (κ1) is 11.9. The Labute approximate surface area is 112 Å². The van der Waals surface area contributed by atoms with Crippen LogP contribution in [0.25, 0.3) is 10.9 Å². The van der Waals surface area contributed by atoms with E-state index in [-0.39, 0.29) is 12.1 Å². The fourth-order valence-electron chi connectivity index (χ4n) is 1.79. The Balaban J connectivity index is 2.09. The predicted octanol–water partition coefficient (Wildman–Crippen LogP) is 1.79. The number of rotatable bonds is 2. The van der Waals surface area contributed by atoms with E-state index in [4.69, 9.17) is 16.1 Å². The minimum absolute atomic E-state index is 0.190. The SMILES string of the molecule is Cc1noc(Cn2cnc3ccc(Cl)cc3c2=O)n1. The van der Waals surface area contributed by atoms with Crippen LogP contribution in [-0.2, 0) is 6.54 Å². The number of aromatic nitrogens is 4. The summed E-state index contributed by atoms with van der Waals surface area (Å²) in [5.41, 5.74) is 0.413. The molecule has 0 aliphatic rings. The summed E-state index contributed by atoms with van der Waals surface area (Å²) in [5.74, 6) is 0.891. The number of nitrogens with zero attached hydrogens (tertiary/aromatic N) is 4. The summed E-state index contributed by atoms with van der Waals surface area (Å²) < 4.78 is 6.39. The minimum atomic E-state index is -0.191. The molecule has 0 fully saturated rings. The van der Waals surface area contributed by atoms with E-state index in [2.05, 4.69) is 15.1 Å². The summed E-state index contributed by atoms with van der Waals surface area (Å²) in [5, 5.41) is 4.64. The minimum Gasteiger partial charge on any atom is -0.337 e. The third kappa shape index (κ3) is 2.22. The third-order valence-corrected chi connectivity index (χ3v) is 2.90. The highest BCUT2D eigenvalue weighted by molar-refractivity contribution is 6.31. The average molecular weight is 277 g/mol. The first-order valence-corrected chi connectivity index (χ1v) is 5.95. The molecule has 6 nitrogen and oxygen atoms in total. The molecular formula is C12H9ClN4O2. The molecule has 3 rings (SSSR count). The first-order valence-electron chi connectivity index (χ1n) is 5.57. The van der Waals surface area contributed by atoms with E-state index < -0.39 is 0 Å². The van der Waals surface area contributed by atoms with Crippen molar-refractivity contribution in [3.8, 4) is 0 Å². The molecule has 2 aromatic heterocycles. The lowest BCUT2D eigenvalue weighted by Crippen LogP contribution is -2.21. The summed E-state index contributed by atoms with van der Waals surface area (Å²) in [6.45, 7) is 1.91. The first-order chi connectivity index (χ1) is 9.13. The van der Waals surface area contributed by atoms with Gasteiger partial charge < -0.3 is 4.52 Å². The smallest absolute Gasteiger partial charge is 0.261 e. The lowest BCUT2D eigenvalue weighted by atomic mass is 10.2. The zero-order valence-electron chi connectivity index (χ0n) is 10.00. The van der Waals surface area contributed by atoms with Gasteiger partial charge in [0.05, 0.1) is 17.2 Å². The van der Waals surface area contributed by atoms with E-state index in [0.29, 0.717) is 27.6 Å². The van der Waals surface area contributed by atoms with Crippen molar-refractivity contribution in [3.05, 3.63) is 51.6 Å². The second-order valence-electron chi connectivity index (χ2n) is 4.07. The molecule has 0 atom stereocenters. The van der Waals surface area contributed by atoms with Gasteiger partial charge in [0.2, 0.25) is 5.89 Å². The summed E-state index contributed by atoms with van der Waals surface area (Å²) in [6.07, 6.45) is 1.46. The highest BCUT2D eigenvalue weighted by Crippen LogP contribution is 2.14. The van der Waals surface area contributed by atoms with Crippen molar-refractivity contribution < 1.29 is 4.52 Å². The maximum atomic E-state index is 12.3. The Hall–Kier alpha value is -2.21. The Bertz CT molecular complexity index is 809. The molecule has 2 heterocycles. The van der Waals surface area contributed by atoms with Gasteiger partial charge in [-0.25, -0.2) is 4.98 Å². The van der Waals surface area contributed by atoms with Crippen molar-refractivity contribution in [1.29, 1.82) is 0 Å². The van der Waals surface area contributed by atoms with Crippen molar-refractivity contribution in [3.63, 3.8) is 0 Å². The number of hydrogen-bond acceptors (Lipinski definition) is 5. The topological polar surface area (TPSA) is 73.8 Å². The van der Waals surface area contributed by atoms with Crippen LogP contribution < -0.4 is 5.56 Å². The van der Waals surface area contributed by atoms with E-state index in [9.17, 15) is 4.79 Å². The van der Waals surface area contributed by atoms with Gasteiger partial charge in [0.15, 0.2) is 5.82 Å². The number of benzene rings is 1. The molecule has 0 amide bonds. The van der Waals surface area contributed by atoms with Crippen LogP contribution in [0.2, 0.25) is 5.02 Å². The molecule has 7 heteroatoms. The lowest BCUT2D eigenvalue weighted by molar-refractivity contribution is 0.366. The largest absolute Gasteiger partial charge is 0.337 e. The van der Waals surface area contributed by atoms with Gasteiger partial charge in [-0.1, -0.05) is 16.8 Å². The van der Waals surface area contributed by atoms with Gasteiger partial charge in [-0.15, -0.1) is 0 Å². The zero-order chi connectivity index (χ0) is 13.4. The molecular weight excluding hydrogens is 268 g/mol. The van der Waals surface area contributed by atoms with Crippen molar-refractivity contribution in [1.82, 2.24) is 19.7 Å². The van der Waals surface area contributed by atoms with Crippen molar-refractivity contribution in [2.75, 3.05) is 0 Å². The average Bonchev–Trinajstić information content (AvgIpc) is 2.79. The molecule has 96 valence electrons. The second kappa shape index (κ2) is 4.47. The number of halogens is 1. The normalized spacial score (nSPS) is 11.1. The zero-order valence-corrected chi connectivity index (χ0v) is 10.8. The molecule has 0 radical (unpaired) electrons. The highest BCUT2D eigenvalue weighted by atomic mass is 35.5. The van der Waals surface area contributed by atoms with E-state index in [1.54, 1.807) is 25.1 Å². The monoisotopic (exact) mass is 276 g/mol.